The summed E-state index contributed by atoms with van der Waals surface area (Å²) in [4.78, 5) is 14.9. The molecule has 1 heterocycles. The summed E-state index contributed by atoms with van der Waals surface area (Å²) in [7, 11) is 0. The van der Waals surface area contributed by atoms with Gasteiger partial charge in [0.25, 0.3) is 0 Å². The largest absolute Gasteiger partial charge is 0.333 e. The van der Waals surface area contributed by atoms with Crippen molar-refractivity contribution in [2.24, 2.45) is 0 Å². The highest BCUT2D eigenvalue weighted by atomic mass is 35.5. The number of thioether (sulfide) groups is 1. The number of hydrogen-bond acceptors (Lipinski definition) is 5. The van der Waals surface area contributed by atoms with Crippen LogP contribution in [-0.2, 0) is 11.3 Å². The number of hydrogen-bond donors (Lipinski definition) is 0. The second-order valence-corrected chi connectivity index (χ2v) is 11.2. The first kappa shape index (κ1) is 23.3. The van der Waals surface area contributed by atoms with Crippen molar-refractivity contribution < 1.29 is 4.79 Å². The molecule has 0 aliphatic heterocycles. The van der Waals surface area contributed by atoms with Crippen molar-refractivity contribution in [2.45, 2.75) is 37.2 Å². The van der Waals surface area contributed by atoms with Crippen molar-refractivity contribution in [3.05, 3.63) is 68.1 Å². The lowest BCUT2D eigenvalue weighted by molar-refractivity contribution is -0.133. The molecule has 3 aromatic rings. The van der Waals surface area contributed by atoms with Crippen LogP contribution in [-0.4, -0.2) is 31.9 Å². The average Bonchev–Trinajstić information content (AvgIpc) is 3.07. The van der Waals surface area contributed by atoms with E-state index in [1.165, 1.54) is 23.1 Å². The second-order valence-electron chi connectivity index (χ2n) is 7.57. The first-order valence-corrected chi connectivity index (χ1v) is 12.1. The van der Waals surface area contributed by atoms with Crippen LogP contribution in [0.15, 0.2) is 52.9 Å². The van der Waals surface area contributed by atoms with E-state index in [1.807, 2.05) is 62.1 Å². The molecule has 0 saturated carbocycles. The van der Waals surface area contributed by atoms with Crippen molar-refractivity contribution in [3.8, 4) is 5.69 Å². The van der Waals surface area contributed by atoms with Gasteiger partial charge in [0, 0.05) is 12.1 Å². The molecule has 0 radical (unpaired) electrons. The lowest BCUT2D eigenvalue weighted by Crippen LogP contribution is -2.45. The highest BCUT2D eigenvalue weighted by Gasteiger charge is 2.26. The van der Waals surface area contributed by atoms with Gasteiger partial charge in [-0.25, -0.2) is 4.68 Å². The number of carbonyl (C=O) groups excluding carboxylic acids is 1. The van der Waals surface area contributed by atoms with Crippen LogP contribution in [0.1, 0.15) is 26.3 Å². The number of rotatable bonds is 6. The van der Waals surface area contributed by atoms with Gasteiger partial charge < -0.3 is 4.90 Å². The Morgan fingerprint density at radius 1 is 1.17 bits per heavy atom. The highest BCUT2D eigenvalue weighted by molar-refractivity contribution is 8.01. The molecule has 0 aliphatic carbocycles. The molecule has 0 atom stereocenters. The maximum Gasteiger partial charge on any atom is 0.233 e. The normalized spacial score (nSPS) is 11.5. The zero-order valence-electron chi connectivity index (χ0n) is 16.8. The molecule has 30 heavy (non-hydrogen) atoms. The molecule has 9 heteroatoms. The fourth-order valence-corrected chi connectivity index (χ4v) is 5.30. The van der Waals surface area contributed by atoms with Crippen LogP contribution in [0, 0.1) is 3.95 Å². The molecule has 1 aromatic heterocycles. The summed E-state index contributed by atoms with van der Waals surface area (Å²) in [6.07, 6.45) is 0. The van der Waals surface area contributed by atoms with Crippen LogP contribution >= 0.6 is 58.5 Å². The SMILES string of the molecule is CC(C)(C)N(Cc1ccccc1)C(=O)CSc1nn(-c2ccc(Cl)c(Cl)c2)c(=S)s1. The number of halogens is 2. The molecular weight excluding hydrogens is 477 g/mol. The van der Waals surface area contributed by atoms with Gasteiger partial charge in [0.05, 0.1) is 21.5 Å². The van der Waals surface area contributed by atoms with Gasteiger partial charge in [0.1, 0.15) is 0 Å². The molecule has 0 bridgehead atoms. The molecule has 3 rings (SSSR count). The first-order valence-electron chi connectivity index (χ1n) is 9.18. The lowest BCUT2D eigenvalue weighted by atomic mass is 10.0. The van der Waals surface area contributed by atoms with Crippen molar-refractivity contribution in [1.29, 1.82) is 0 Å². The molecule has 0 saturated heterocycles. The summed E-state index contributed by atoms with van der Waals surface area (Å²) in [5.41, 5.74) is 1.55. The van der Waals surface area contributed by atoms with E-state index in [9.17, 15) is 4.79 Å². The molecule has 0 aliphatic rings. The third-order valence-corrected chi connectivity index (χ3v) is 7.38. The van der Waals surface area contributed by atoms with Gasteiger partial charge in [-0.3, -0.25) is 4.79 Å². The maximum atomic E-state index is 13.0. The van der Waals surface area contributed by atoms with Crippen LogP contribution in [0.5, 0.6) is 0 Å². The molecule has 0 unspecified atom stereocenters. The number of aromatic nitrogens is 2. The number of carbonyl (C=O) groups is 1. The topological polar surface area (TPSA) is 38.1 Å². The molecule has 158 valence electrons. The maximum absolute atomic E-state index is 13.0. The van der Waals surface area contributed by atoms with Gasteiger partial charge in [-0.1, -0.05) is 76.6 Å². The average molecular weight is 499 g/mol. The van der Waals surface area contributed by atoms with E-state index < -0.39 is 0 Å². The van der Waals surface area contributed by atoms with Crippen molar-refractivity contribution in [2.75, 3.05) is 5.75 Å². The Morgan fingerprint density at radius 3 is 2.50 bits per heavy atom. The third kappa shape index (κ3) is 5.86. The zero-order valence-corrected chi connectivity index (χ0v) is 20.7. The van der Waals surface area contributed by atoms with E-state index in [4.69, 9.17) is 35.4 Å². The fourth-order valence-electron chi connectivity index (χ4n) is 2.77. The van der Waals surface area contributed by atoms with E-state index >= 15 is 0 Å². The predicted molar refractivity (Wildman–Crippen MR) is 130 cm³/mol. The van der Waals surface area contributed by atoms with Gasteiger partial charge in [-0.15, -0.1) is 5.10 Å². The van der Waals surface area contributed by atoms with Crippen molar-refractivity contribution in [3.63, 3.8) is 0 Å². The summed E-state index contributed by atoms with van der Waals surface area (Å²) >= 11 is 20.3. The van der Waals surface area contributed by atoms with E-state index in [0.717, 1.165) is 15.6 Å². The number of nitrogens with zero attached hydrogens (tertiary/aromatic N) is 3. The van der Waals surface area contributed by atoms with Gasteiger partial charge in [-0.05, 0) is 56.8 Å². The van der Waals surface area contributed by atoms with Gasteiger partial charge in [0.2, 0.25) is 5.91 Å². The first-order chi connectivity index (χ1) is 14.1. The van der Waals surface area contributed by atoms with E-state index in [0.29, 0.717) is 20.5 Å². The summed E-state index contributed by atoms with van der Waals surface area (Å²) in [5.74, 6) is 0.340. The predicted octanol–water partition coefficient (Wildman–Crippen LogP) is 6.89. The third-order valence-electron chi connectivity index (χ3n) is 4.29. The Hall–Kier alpha value is -1.38. The van der Waals surface area contributed by atoms with Gasteiger partial charge in [0.15, 0.2) is 8.29 Å². The highest BCUT2D eigenvalue weighted by Crippen LogP contribution is 2.29. The molecule has 0 N–H and O–H groups in total. The Morgan fingerprint density at radius 2 is 1.87 bits per heavy atom. The van der Waals surface area contributed by atoms with Crippen LogP contribution in [0.25, 0.3) is 5.69 Å². The Kier molecular flexibility index (Phi) is 7.63. The van der Waals surface area contributed by atoms with E-state index in [-0.39, 0.29) is 17.2 Å². The zero-order chi connectivity index (χ0) is 21.9. The van der Waals surface area contributed by atoms with Crippen LogP contribution < -0.4 is 0 Å². The fraction of sp³-hybridized carbons (Fsp3) is 0.286. The molecule has 0 fully saturated rings. The van der Waals surface area contributed by atoms with Crippen LogP contribution in [0.4, 0.5) is 0 Å². The van der Waals surface area contributed by atoms with Gasteiger partial charge in [-0.2, -0.15) is 0 Å². The Bertz CT molecular complexity index is 1090. The minimum atomic E-state index is -0.292. The van der Waals surface area contributed by atoms with Crippen LogP contribution in [0.2, 0.25) is 10.0 Å². The molecule has 0 spiro atoms. The molecular formula is C21H21Cl2N3OS3. The summed E-state index contributed by atoms with van der Waals surface area (Å²) < 4.78 is 2.95. The lowest BCUT2D eigenvalue weighted by Gasteiger charge is -2.36. The summed E-state index contributed by atoms with van der Waals surface area (Å²) in [6.45, 7) is 6.70. The van der Waals surface area contributed by atoms with Crippen LogP contribution in [0.3, 0.4) is 0 Å². The molecule has 4 nitrogen and oxygen atoms in total. The monoisotopic (exact) mass is 497 g/mol. The molecule has 1 amide bonds. The summed E-state index contributed by atoms with van der Waals surface area (Å²) in [5, 5.41) is 5.46. The molecule has 2 aromatic carbocycles. The Labute approximate surface area is 199 Å². The van der Waals surface area contributed by atoms with Gasteiger partial charge >= 0.3 is 0 Å². The smallest absolute Gasteiger partial charge is 0.233 e. The summed E-state index contributed by atoms with van der Waals surface area (Å²) in [6, 6.07) is 15.2. The number of benzene rings is 2. The second kappa shape index (κ2) is 9.83. The van der Waals surface area contributed by atoms with Crippen molar-refractivity contribution >= 4 is 64.4 Å². The quantitative estimate of drug-likeness (QED) is 0.274. The van der Waals surface area contributed by atoms with E-state index in [2.05, 4.69) is 5.10 Å². The minimum absolute atomic E-state index is 0.0542. The minimum Gasteiger partial charge on any atom is -0.333 e. The number of amides is 1. The van der Waals surface area contributed by atoms with E-state index in [1.54, 1.807) is 16.8 Å². The standard InChI is InChI=1S/C21H21Cl2N3OS3/c1-21(2,3)25(12-14-7-5-4-6-8-14)18(27)13-29-19-24-26(20(28)30-19)15-9-10-16(22)17(23)11-15/h4-11H,12-13H2,1-3H3. The van der Waals surface area contributed by atoms with Crippen molar-refractivity contribution in [1.82, 2.24) is 14.7 Å². The Balaban J connectivity index is 1.73.